The molecule has 2 rings (SSSR count). The van der Waals surface area contributed by atoms with E-state index >= 15 is 0 Å². The Bertz CT molecular complexity index is 602. The molecular formula is C12H16N4OS. The standard InChI is InChI=1S/C12H16N4OS/c1-3-6-16-11(17)14-15-12(16)18-9-4-5-10(13)8(2)7-9/h4-5,7H,3,6,13H2,1-2H3,(H,14,17). The number of nitrogens with one attached hydrogen (secondary N) is 1. The quantitative estimate of drug-likeness (QED) is 0.828. The van der Waals surface area contributed by atoms with Crippen LogP contribution in [0.3, 0.4) is 0 Å². The highest BCUT2D eigenvalue weighted by Crippen LogP contribution is 2.27. The zero-order valence-corrected chi connectivity index (χ0v) is 11.3. The van der Waals surface area contributed by atoms with E-state index in [1.165, 1.54) is 11.8 Å². The van der Waals surface area contributed by atoms with Gasteiger partial charge in [-0.05, 0) is 48.9 Å². The maximum atomic E-state index is 11.6. The van der Waals surface area contributed by atoms with Crippen LogP contribution in [0.4, 0.5) is 5.69 Å². The highest BCUT2D eigenvalue weighted by Gasteiger charge is 2.09. The van der Waals surface area contributed by atoms with E-state index in [0.717, 1.165) is 22.6 Å². The first kappa shape index (κ1) is 12.8. The second-order valence-electron chi connectivity index (χ2n) is 4.08. The molecular weight excluding hydrogens is 248 g/mol. The van der Waals surface area contributed by atoms with Crippen molar-refractivity contribution in [1.29, 1.82) is 0 Å². The monoisotopic (exact) mass is 264 g/mol. The van der Waals surface area contributed by atoms with Gasteiger partial charge in [0.2, 0.25) is 0 Å². The molecule has 0 saturated heterocycles. The van der Waals surface area contributed by atoms with Gasteiger partial charge in [-0.25, -0.2) is 9.89 Å². The van der Waals surface area contributed by atoms with Crippen LogP contribution in [0.15, 0.2) is 33.0 Å². The first-order valence-corrected chi connectivity index (χ1v) is 6.62. The second-order valence-corrected chi connectivity index (χ2v) is 5.12. The molecule has 3 N–H and O–H groups in total. The maximum absolute atomic E-state index is 11.6. The molecule has 0 fully saturated rings. The van der Waals surface area contributed by atoms with Gasteiger partial charge in [0, 0.05) is 17.1 Å². The average Bonchev–Trinajstić information content (AvgIpc) is 2.67. The molecule has 1 aromatic carbocycles. The normalized spacial score (nSPS) is 10.8. The molecule has 0 saturated carbocycles. The lowest BCUT2D eigenvalue weighted by molar-refractivity contribution is 0.604. The topological polar surface area (TPSA) is 76.7 Å². The molecule has 0 aliphatic heterocycles. The Kier molecular flexibility index (Phi) is 3.76. The van der Waals surface area contributed by atoms with Crippen LogP contribution in [-0.4, -0.2) is 14.8 Å². The summed E-state index contributed by atoms with van der Waals surface area (Å²) in [5, 5.41) is 7.21. The number of nitrogens with two attached hydrogens (primary N) is 1. The van der Waals surface area contributed by atoms with E-state index in [9.17, 15) is 4.79 Å². The average molecular weight is 264 g/mol. The smallest absolute Gasteiger partial charge is 0.343 e. The van der Waals surface area contributed by atoms with Crippen LogP contribution in [0.25, 0.3) is 0 Å². The summed E-state index contributed by atoms with van der Waals surface area (Å²) in [7, 11) is 0. The van der Waals surface area contributed by atoms with Gasteiger partial charge in [-0.2, -0.15) is 0 Å². The van der Waals surface area contributed by atoms with E-state index in [1.54, 1.807) is 4.57 Å². The largest absolute Gasteiger partial charge is 0.399 e. The molecule has 6 heteroatoms. The molecule has 0 unspecified atom stereocenters. The lowest BCUT2D eigenvalue weighted by atomic mass is 10.2. The van der Waals surface area contributed by atoms with Crippen molar-refractivity contribution in [1.82, 2.24) is 14.8 Å². The van der Waals surface area contributed by atoms with Crippen LogP contribution in [-0.2, 0) is 6.54 Å². The van der Waals surface area contributed by atoms with Crippen molar-refractivity contribution in [3.8, 4) is 0 Å². The van der Waals surface area contributed by atoms with Gasteiger partial charge in [0.1, 0.15) is 0 Å². The summed E-state index contributed by atoms with van der Waals surface area (Å²) in [5.41, 5.74) is 7.42. The molecule has 0 bridgehead atoms. The van der Waals surface area contributed by atoms with E-state index in [2.05, 4.69) is 10.2 Å². The van der Waals surface area contributed by atoms with Crippen LogP contribution >= 0.6 is 11.8 Å². The Balaban J connectivity index is 2.28. The van der Waals surface area contributed by atoms with Gasteiger partial charge < -0.3 is 5.73 Å². The summed E-state index contributed by atoms with van der Waals surface area (Å²) >= 11 is 1.46. The van der Waals surface area contributed by atoms with Crippen molar-refractivity contribution in [2.24, 2.45) is 0 Å². The predicted molar refractivity (Wildman–Crippen MR) is 72.9 cm³/mol. The molecule has 5 nitrogen and oxygen atoms in total. The molecule has 0 radical (unpaired) electrons. The number of H-pyrrole nitrogens is 1. The van der Waals surface area contributed by atoms with Crippen LogP contribution < -0.4 is 11.4 Å². The Labute approximate surface area is 109 Å². The highest BCUT2D eigenvalue weighted by atomic mass is 32.2. The minimum atomic E-state index is -0.161. The summed E-state index contributed by atoms with van der Waals surface area (Å²) in [5.74, 6) is 0. The van der Waals surface area contributed by atoms with Crippen molar-refractivity contribution in [2.45, 2.75) is 36.9 Å². The van der Waals surface area contributed by atoms with Gasteiger partial charge in [0.05, 0.1) is 0 Å². The number of anilines is 1. The minimum absolute atomic E-state index is 0.161. The summed E-state index contributed by atoms with van der Waals surface area (Å²) in [6.07, 6.45) is 0.897. The first-order chi connectivity index (χ1) is 8.61. The molecule has 0 atom stereocenters. The Morgan fingerprint density at radius 2 is 2.28 bits per heavy atom. The van der Waals surface area contributed by atoms with Crippen molar-refractivity contribution in [3.63, 3.8) is 0 Å². The fraction of sp³-hybridized carbons (Fsp3) is 0.333. The number of rotatable bonds is 4. The zero-order valence-electron chi connectivity index (χ0n) is 10.4. The minimum Gasteiger partial charge on any atom is -0.399 e. The summed E-state index contributed by atoms with van der Waals surface area (Å²) < 4.78 is 1.65. The molecule has 0 amide bonds. The van der Waals surface area contributed by atoms with Crippen molar-refractivity contribution in [3.05, 3.63) is 34.2 Å². The Morgan fingerprint density at radius 1 is 1.50 bits per heavy atom. The molecule has 18 heavy (non-hydrogen) atoms. The van der Waals surface area contributed by atoms with E-state index in [-0.39, 0.29) is 5.69 Å². The second kappa shape index (κ2) is 5.30. The maximum Gasteiger partial charge on any atom is 0.343 e. The van der Waals surface area contributed by atoms with Gasteiger partial charge in [0.15, 0.2) is 5.16 Å². The number of nitrogens with zero attached hydrogens (tertiary/aromatic N) is 2. The molecule has 96 valence electrons. The van der Waals surface area contributed by atoms with Gasteiger partial charge >= 0.3 is 5.69 Å². The number of benzene rings is 1. The van der Waals surface area contributed by atoms with Gasteiger partial charge in [0.25, 0.3) is 0 Å². The molecule has 1 aromatic heterocycles. The van der Waals surface area contributed by atoms with E-state index < -0.39 is 0 Å². The number of aromatic amines is 1. The predicted octanol–water partition coefficient (Wildman–Crippen LogP) is 2.02. The van der Waals surface area contributed by atoms with Crippen molar-refractivity contribution in [2.75, 3.05) is 5.73 Å². The Morgan fingerprint density at radius 3 is 2.94 bits per heavy atom. The fourth-order valence-corrected chi connectivity index (χ4v) is 2.58. The molecule has 2 aromatic rings. The molecule has 1 heterocycles. The third-order valence-corrected chi connectivity index (χ3v) is 3.60. The van der Waals surface area contributed by atoms with Crippen LogP contribution in [0.5, 0.6) is 0 Å². The molecule has 0 spiro atoms. The summed E-state index contributed by atoms with van der Waals surface area (Å²) in [4.78, 5) is 12.6. The SMILES string of the molecule is CCCn1c(Sc2ccc(N)c(C)c2)n[nH]c1=O. The summed E-state index contributed by atoms with van der Waals surface area (Å²) in [6.45, 7) is 4.66. The van der Waals surface area contributed by atoms with E-state index in [4.69, 9.17) is 5.73 Å². The van der Waals surface area contributed by atoms with Gasteiger partial charge in [-0.3, -0.25) is 4.57 Å². The van der Waals surface area contributed by atoms with Gasteiger partial charge in [-0.15, -0.1) is 5.10 Å². The first-order valence-electron chi connectivity index (χ1n) is 5.81. The third kappa shape index (κ3) is 2.59. The zero-order chi connectivity index (χ0) is 13.1. The van der Waals surface area contributed by atoms with Crippen LogP contribution in [0.2, 0.25) is 0 Å². The van der Waals surface area contributed by atoms with Gasteiger partial charge in [-0.1, -0.05) is 6.92 Å². The number of hydrogen-bond donors (Lipinski definition) is 2. The fourth-order valence-electron chi connectivity index (χ4n) is 1.62. The highest BCUT2D eigenvalue weighted by molar-refractivity contribution is 7.99. The lowest BCUT2D eigenvalue weighted by Crippen LogP contribution is -2.17. The van der Waals surface area contributed by atoms with Crippen LogP contribution in [0.1, 0.15) is 18.9 Å². The number of aryl methyl sites for hydroxylation is 1. The number of nitrogen functional groups attached to an aromatic ring is 1. The van der Waals surface area contributed by atoms with Crippen molar-refractivity contribution >= 4 is 17.4 Å². The lowest BCUT2D eigenvalue weighted by Gasteiger charge is -2.05. The number of aromatic nitrogens is 3. The summed E-state index contributed by atoms with van der Waals surface area (Å²) in [6, 6.07) is 5.80. The molecule has 0 aliphatic rings. The molecule has 0 aliphatic carbocycles. The van der Waals surface area contributed by atoms with Crippen LogP contribution in [0, 0.1) is 6.92 Å². The Hall–Kier alpha value is -1.69. The number of hydrogen-bond acceptors (Lipinski definition) is 4. The van der Waals surface area contributed by atoms with E-state index in [1.807, 2.05) is 32.0 Å². The van der Waals surface area contributed by atoms with E-state index in [0.29, 0.717) is 11.7 Å². The van der Waals surface area contributed by atoms with Crippen molar-refractivity contribution < 1.29 is 0 Å². The third-order valence-electron chi connectivity index (χ3n) is 2.62.